The Hall–Kier alpha value is -2.75. The molecule has 0 aliphatic heterocycles. The van der Waals surface area contributed by atoms with E-state index in [1.807, 2.05) is 30.3 Å². The molecule has 3 rings (SSSR count). The maximum absolute atomic E-state index is 13.5. The molecule has 1 aromatic heterocycles. The molecule has 2 aromatic carbocycles. The quantitative estimate of drug-likeness (QED) is 0.782. The number of aromatic nitrogens is 1. The molecule has 0 bridgehead atoms. The number of hydrogen-bond donors (Lipinski definition) is 1. The highest BCUT2D eigenvalue weighted by Crippen LogP contribution is 2.16. The zero-order valence-corrected chi connectivity index (χ0v) is 12.6. The van der Waals surface area contributed by atoms with Crippen LogP contribution in [0.2, 0.25) is 0 Å². The van der Waals surface area contributed by atoms with Crippen molar-refractivity contribution in [2.45, 2.75) is 19.4 Å². The number of pyridine rings is 1. The van der Waals surface area contributed by atoms with Crippen LogP contribution in [0.4, 0.5) is 4.39 Å². The van der Waals surface area contributed by atoms with Gasteiger partial charge in [-0.15, -0.1) is 0 Å². The topological polar surface area (TPSA) is 42.0 Å². The van der Waals surface area contributed by atoms with Gasteiger partial charge in [-0.2, -0.15) is 0 Å². The number of aryl methyl sites for hydroxylation is 1. The lowest BCUT2D eigenvalue weighted by Gasteiger charge is -2.08. The minimum absolute atomic E-state index is 0.0888. The molecule has 3 aromatic rings. The first kappa shape index (κ1) is 15.2. The van der Waals surface area contributed by atoms with Crippen molar-refractivity contribution in [2.24, 2.45) is 0 Å². The Balaban J connectivity index is 1.59. The van der Waals surface area contributed by atoms with Crippen molar-refractivity contribution in [1.82, 2.24) is 10.3 Å². The monoisotopic (exact) mass is 308 g/mol. The fourth-order valence-corrected chi connectivity index (χ4v) is 2.54. The van der Waals surface area contributed by atoms with E-state index in [1.54, 1.807) is 24.4 Å². The lowest BCUT2D eigenvalue weighted by molar-refractivity contribution is -0.121. The molecule has 0 saturated heterocycles. The summed E-state index contributed by atoms with van der Waals surface area (Å²) < 4.78 is 13.5. The van der Waals surface area contributed by atoms with Crippen LogP contribution in [0.3, 0.4) is 0 Å². The third-order valence-corrected chi connectivity index (χ3v) is 3.79. The number of fused-ring (bicyclic) bond motifs is 1. The second-order valence-electron chi connectivity index (χ2n) is 5.36. The molecule has 0 saturated carbocycles. The summed E-state index contributed by atoms with van der Waals surface area (Å²) in [6, 6.07) is 16.3. The Kier molecular flexibility index (Phi) is 4.62. The number of benzene rings is 2. The Morgan fingerprint density at radius 3 is 2.65 bits per heavy atom. The Labute approximate surface area is 134 Å². The summed E-state index contributed by atoms with van der Waals surface area (Å²) in [5, 5.41) is 3.92. The minimum Gasteiger partial charge on any atom is -0.352 e. The number of carbonyl (C=O) groups is 1. The molecule has 116 valence electrons. The van der Waals surface area contributed by atoms with Crippen molar-refractivity contribution in [1.29, 1.82) is 0 Å². The van der Waals surface area contributed by atoms with Crippen molar-refractivity contribution in [3.8, 4) is 0 Å². The number of halogens is 1. The first-order valence-corrected chi connectivity index (χ1v) is 7.57. The smallest absolute Gasteiger partial charge is 0.220 e. The van der Waals surface area contributed by atoms with Crippen molar-refractivity contribution >= 4 is 16.8 Å². The lowest BCUT2D eigenvalue weighted by atomic mass is 10.1. The van der Waals surface area contributed by atoms with Gasteiger partial charge < -0.3 is 5.32 Å². The molecule has 4 heteroatoms. The van der Waals surface area contributed by atoms with Gasteiger partial charge in [-0.25, -0.2) is 4.39 Å². The summed E-state index contributed by atoms with van der Waals surface area (Å²) in [6.07, 6.45) is 2.41. The van der Waals surface area contributed by atoms with Crippen LogP contribution in [0, 0.1) is 5.82 Å². The average molecular weight is 308 g/mol. The molecule has 0 radical (unpaired) electrons. The number of amides is 1. The molecule has 0 aliphatic rings. The van der Waals surface area contributed by atoms with Gasteiger partial charge in [-0.05, 0) is 35.7 Å². The highest BCUT2D eigenvalue weighted by atomic mass is 19.1. The normalized spacial score (nSPS) is 10.7. The first-order chi connectivity index (χ1) is 11.2. The van der Waals surface area contributed by atoms with E-state index in [0.717, 1.165) is 16.5 Å². The zero-order valence-electron chi connectivity index (χ0n) is 12.6. The second kappa shape index (κ2) is 7.01. The molecule has 1 heterocycles. The fraction of sp³-hybridized carbons (Fsp3) is 0.158. The van der Waals surface area contributed by atoms with Gasteiger partial charge in [0.25, 0.3) is 0 Å². The summed E-state index contributed by atoms with van der Waals surface area (Å²) in [4.78, 5) is 16.3. The third kappa shape index (κ3) is 3.72. The molecule has 0 spiro atoms. The van der Waals surface area contributed by atoms with E-state index in [9.17, 15) is 9.18 Å². The van der Waals surface area contributed by atoms with E-state index in [0.29, 0.717) is 18.5 Å². The van der Waals surface area contributed by atoms with Gasteiger partial charge in [0.1, 0.15) is 5.82 Å². The van der Waals surface area contributed by atoms with E-state index in [-0.39, 0.29) is 18.1 Å². The minimum atomic E-state index is -0.263. The predicted octanol–water partition coefficient (Wildman–Crippen LogP) is 3.62. The lowest BCUT2D eigenvalue weighted by Crippen LogP contribution is -2.23. The van der Waals surface area contributed by atoms with E-state index >= 15 is 0 Å². The number of hydrogen-bond acceptors (Lipinski definition) is 2. The highest BCUT2D eigenvalue weighted by molar-refractivity contribution is 5.82. The standard InChI is InChI=1S/C19H17FN2O/c20-17-7-3-1-5-14(17)9-10-19(23)22-13-15-11-12-21-18-8-4-2-6-16(15)18/h1-8,11-12H,9-10,13H2,(H,22,23). The molecule has 0 atom stereocenters. The van der Waals surface area contributed by atoms with Crippen LogP contribution in [-0.2, 0) is 17.8 Å². The van der Waals surface area contributed by atoms with Gasteiger partial charge in [0.15, 0.2) is 0 Å². The van der Waals surface area contributed by atoms with Crippen LogP contribution >= 0.6 is 0 Å². The number of carbonyl (C=O) groups excluding carboxylic acids is 1. The van der Waals surface area contributed by atoms with Crippen molar-refractivity contribution in [2.75, 3.05) is 0 Å². The Morgan fingerprint density at radius 2 is 1.78 bits per heavy atom. The van der Waals surface area contributed by atoms with Gasteiger partial charge in [-0.3, -0.25) is 9.78 Å². The molecule has 0 aliphatic carbocycles. The molecule has 23 heavy (non-hydrogen) atoms. The van der Waals surface area contributed by atoms with Crippen LogP contribution in [-0.4, -0.2) is 10.9 Å². The van der Waals surface area contributed by atoms with E-state index in [1.165, 1.54) is 6.07 Å². The summed E-state index contributed by atoms with van der Waals surface area (Å²) >= 11 is 0. The van der Waals surface area contributed by atoms with Crippen molar-refractivity contribution < 1.29 is 9.18 Å². The molecule has 0 unspecified atom stereocenters. The van der Waals surface area contributed by atoms with Crippen LogP contribution in [0.1, 0.15) is 17.5 Å². The van der Waals surface area contributed by atoms with Crippen LogP contribution in [0.5, 0.6) is 0 Å². The van der Waals surface area contributed by atoms with Gasteiger partial charge in [0.05, 0.1) is 5.52 Å². The summed E-state index contributed by atoms with van der Waals surface area (Å²) in [5.41, 5.74) is 2.50. The van der Waals surface area contributed by atoms with E-state index in [4.69, 9.17) is 0 Å². The highest BCUT2D eigenvalue weighted by Gasteiger charge is 2.07. The zero-order chi connectivity index (χ0) is 16.1. The molecule has 3 nitrogen and oxygen atoms in total. The average Bonchev–Trinajstić information content (AvgIpc) is 2.59. The van der Waals surface area contributed by atoms with Crippen molar-refractivity contribution in [3.05, 3.63) is 77.7 Å². The maximum atomic E-state index is 13.5. The maximum Gasteiger partial charge on any atom is 0.220 e. The molecular weight excluding hydrogens is 291 g/mol. The number of rotatable bonds is 5. The molecule has 1 amide bonds. The molecule has 1 N–H and O–H groups in total. The SMILES string of the molecule is O=C(CCc1ccccc1F)NCc1ccnc2ccccc12. The summed E-state index contributed by atoms with van der Waals surface area (Å²) in [6.45, 7) is 0.444. The van der Waals surface area contributed by atoms with Crippen LogP contribution in [0.15, 0.2) is 60.8 Å². The van der Waals surface area contributed by atoms with E-state index < -0.39 is 0 Å². The third-order valence-electron chi connectivity index (χ3n) is 3.79. The van der Waals surface area contributed by atoms with Gasteiger partial charge in [0, 0.05) is 24.5 Å². The van der Waals surface area contributed by atoms with E-state index in [2.05, 4.69) is 10.3 Å². The Bertz CT molecular complexity index is 827. The van der Waals surface area contributed by atoms with Gasteiger partial charge in [-0.1, -0.05) is 36.4 Å². The summed E-state index contributed by atoms with van der Waals surface area (Å²) in [5.74, 6) is -0.352. The van der Waals surface area contributed by atoms with Crippen LogP contribution < -0.4 is 5.32 Å². The summed E-state index contributed by atoms with van der Waals surface area (Å²) in [7, 11) is 0. The first-order valence-electron chi connectivity index (χ1n) is 7.57. The number of nitrogens with one attached hydrogen (secondary N) is 1. The van der Waals surface area contributed by atoms with Gasteiger partial charge >= 0.3 is 0 Å². The largest absolute Gasteiger partial charge is 0.352 e. The second-order valence-corrected chi connectivity index (χ2v) is 5.36. The molecular formula is C19H17FN2O. The number of para-hydroxylation sites is 1. The number of nitrogens with zero attached hydrogens (tertiary/aromatic N) is 1. The fourth-order valence-electron chi connectivity index (χ4n) is 2.54. The van der Waals surface area contributed by atoms with Gasteiger partial charge in [0.2, 0.25) is 5.91 Å². The van der Waals surface area contributed by atoms with Crippen LogP contribution in [0.25, 0.3) is 10.9 Å². The Morgan fingerprint density at radius 1 is 1.00 bits per heavy atom. The van der Waals surface area contributed by atoms with Crippen molar-refractivity contribution in [3.63, 3.8) is 0 Å². The molecule has 0 fully saturated rings. The predicted molar refractivity (Wildman–Crippen MR) is 88.3 cm³/mol.